The SMILES string of the molecule is CCCCCCCC/C=C\CCCCCCCCCCCC(=O)OCC/C=C\C/C=C\CCCCCCCCCCCCCCCCC(=O)NC(CO)C(O)/C=C/CCCCCCCCCCCC. The quantitative estimate of drug-likeness (QED) is 0.0321. The second kappa shape index (κ2) is 58.4. The molecule has 0 aliphatic carbocycles. The summed E-state index contributed by atoms with van der Waals surface area (Å²) in [5, 5.41) is 23.0. The summed E-state index contributed by atoms with van der Waals surface area (Å²) in [7, 11) is 0. The van der Waals surface area contributed by atoms with Gasteiger partial charge in [0, 0.05) is 12.8 Å². The Hall–Kier alpha value is -2.18. The molecule has 0 bridgehead atoms. The predicted molar refractivity (Wildman–Crippen MR) is 301 cm³/mol. The van der Waals surface area contributed by atoms with Gasteiger partial charge in [0.1, 0.15) is 0 Å². The van der Waals surface area contributed by atoms with Crippen LogP contribution < -0.4 is 5.32 Å². The van der Waals surface area contributed by atoms with Crippen LogP contribution in [0.4, 0.5) is 0 Å². The zero-order valence-electron chi connectivity index (χ0n) is 46.0. The maximum atomic E-state index is 12.4. The first-order chi connectivity index (χ1) is 34.0. The maximum absolute atomic E-state index is 12.4. The summed E-state index contributed by atoms with van der Waals surface area (Å²) in [6.45, 7) is 4.79. The molecule has 3 N–H and O–H groups in total. The Morgan fingerprint density at radius 1 is 0.406 bits per heavy atom. The molecule has 0 aromatic carbocycles. The standard InChI is InChI=1S/C63H117NO5/c1-3-5-7-9-11-13-15-17-18-19-23-27-30-33-37-41-45-49-53-57-63(68)69-58-54-50-46-42-38-34-31-28-25-22-20-21-24-26-29-32-36-40-44-48-52-56-62(67)64-60(59-65)61(66)55-51-47-43-39-35-16-14-12-10-8-6-4-2/h17-18,34,38,46,50-51,55,60-61,65-66H,3-16,19-33,35-37,39-45,47-49,52-54,56-59H2,1-2H3,(H,64,67)/b18-17-,38-34-,50-46-,55-51+. The second-order valence-electron chi connectivity index (χ2n) is 20.7. The number of hydrogen-bond acceptors (Lipinski definition) is 5. The highest BCUT2D eigenvalue weighted by atomic mass is 16.5. The summed E-state index contributed by atoms with van der Waals surface area (Å²) in [6, 6.07) is -0.631. The van der Waals surface area contributed by atoms with Gasteiger partial charge in [0.25, 0.3) is 0 Å². The molecule has 0 aromatic rings. The maximum Gasteiger partial charge on any atom is 0.305 e. The van der Waals surface area contributed by atoms with Crippen molar-refractivity contribution in [3.05, 3.63) is 48.6 Å². The molecule has 1 amide bonds. The van der Waals surface area contributed by atoms with Crippen molar-refractivity contribution in [2.75, 3.05) is 13.2 Å². The second-order valence-corrected chi connectivity index (χ2v) is 20.7. The number of unbranched alkanes of at least 4 members (excludes halogenated alkanes) is 39. The number of amides is 1. The number of allylic oxidation sites excluding steroid dienone is 6. The number of carbonyl (C=O) groups excluding carboxylic acids is 2. The van der Waals surface area contributed by atoms with Crippen molar-refractivity contribution in [3.63, 3.8) is 0 Å². The van der Waals surface area contributed by atoms with Gasteiger partial charge in [-0.2, -0.15) is 0 Å². The Morgan fingerprint density at radius 3 is 1.12 bits per heavy atom. The number of ether oxygens (including phenoxy) is 1. The van der Waals surface area contributed by atoms with Crippen LogP contribution in [0.5, 0.6) is 0 Å². The van der Waals surface area contributed by atoms with E-state index in [4.69, 9.17) is 4.74 Å². The summed E-state index contributed by atoms with van der Waals surface area (Å²) in [5.74, 6) is -0.110. The zero-order valence-corrected chi connectivity index (χ0v) is 46.0. The van der Waals surface area contributed by atoms with Crippen LogP contribution in [0.2, 0.25) is 0 Å². The minimum absolute atomic E-state index is 0.0366. The molecular formula is C63H117NO5. The van der Waals surface area contributed by atoms with Gasteiger partial charge in [-0.15, -0.1) is 0 Å². The first-order valence-corrected chi connectivity index (χ1v) is 30.4. The molecule has 0 spiro atoms. The van der Waals surface area contributed by atoms with Crippen molar-refractivity contribution in [2.24, 2.45) is 0 Å². The normalized spacial score (nSPS) is 12.9. The molecule has 0 aromatic heterocycles. The third kappa shape index (κ3) is 55.0. The van der Waals surface area contributed by atoms with Gasteiger partial charge in [-0.05, 0) is 77.0 Å². The summed E-state index contributed by atoms with van der Waals surface area (Å²) in [5.41, 5.74) is 0. The van der Waals surface area contributed by atoms with E-state index in [2.05, 4.69) is 55.6 Å². The summed E-state index contributed by atoms with van der Waals surface area (Å²) in [4.78, 5) is 24.5. The molecule has 0 radical (unpaired) electrons. The Balaban J connectivity index is 3.45. The number of carbonyl (C=O) groups is 2. The van der Waals surface area contributed by atoms with Crippen LogP contribution in [0.15, 0.2) is 48.6 Å². The van der Waals surface area contributed by atoms with Gasteiger partial charge >= 0.3 is 5.97 Å². The first kappa shape index (κ1) is 66.8. The fourth-order valence-corrected chi connectivity index (χ4v) is 9.17. The molecule has 0 rings (SSSR count). The number of hydrogen-bond donors (Lipinski definition) is 3. The van der Waals surface area contributed by atoms with Crippen LogP contribution >= 0.6 is 0 Å². The lowest BCUT2D eigenvalue weighted by molar-refractivity contribution is -0.143. The van der Waals surface area contributed by atoms with E-state index in [9.17, 15) is 19.8 Å². The molecule has 0 fully saturated rings. The highest BCUT2D eigenvalue weighted by Gasteiger charge is 2.18. The Kier molecular flexibility index (Phi) is 56.5. The van der Waals surface area contributed by atoms with Crippen molar-refractivity contribution in [3.8, 4) is 0 Å². The Morgan fingerprint density at radius 2 is 0.725 bits per heavy atom. The van der Waals surface area contributed by atoms with E-state index in [1.54, 1.807) is 6.08 Å². The minimum atomic E-state index is -0.847. The first-order valence-electron chi connectivity index (χ1n) is 30.4. The monoisotopic (exact) mass is 968 g/mol. The predicted octanol–water partition coefficient (Wildman–Crippen LogP) is 19.0. The molecule has 0 heterocycles. The van der Waals surface area contributed by atoms with Gasteiger partial charge in [-0.3, -0.25) is 9.59 Å². The number of aliphatic hydroxyl groups is 2. The van der Waals surface area contributed by atoms with Crippen molar-refractivity contribution in [1.29, 1.82) is 0 Å². The van der Waals surface area contributed by atoms with E-state index < -0.39 is 12.1 Å². The van der Waals surface area contributed by atoms with E-state index in [0.29, 0.717) is 19.4 Å². The van der Waals surface area contributed by atoms with Crippen LogP contribution in [0.3, 0.4) is 0 Å². The summed E-state index contributed by atoms with van der Waals surface area (Å²) >= 11 is 0. The van der Waals surface area contributed by atoms with Crippen molar-refractivity contribution < 1.29 is 24.5 Å². The van der Waals surface area contributed by atoms with Crippen LogP contribution in [0.25, 0.3) is 0 Å². The van der Waals surface area contributed by atoms with Gasteiger partial charge in [0.2, 0.25) is 5.91 Å². The van der Waals surface area contributed by atoms with Gasteiger partial charge in [0.05, 0.1) is 25.4 Å². The molecule has 404 valence electrons. The molecule has 0 saturated carbocycles. The van der Waals surface area contributed by atoms with Crippen LogP contribution in [0, 0.1) is 0 Å². The van der Waals surface area contributed by atoms with Gasteiger partial charge in [0.15, 0.2) is 0 Å². The van der Waals surface area contributed by atoms with Crippen LogP contribution in [-0.4, -0.2) is 47.4 Å². The van der Waals surface area contributed by atoms with Crippen molar-refractivity contribution in [2.45, 2.75) is 328 Å². The third-order valence-electron chi connectivity index (χ3n) is 13.8. The van der Waals surface area contributed by atoms with Crippen LogP contribution in [-0.2, 0) is 14.3 Å². The Bertz CT molecular complexity index is 1160. The minimum Gasteiger partial charge on any atom is -0.465 e. The lowest BCUT2D eigenvalue weighted by atomic mass is 10.0. The van der Waals surface area contributed by atoms with Gasteiger partial charge < -0.3 is 20.3 Å². The molecule has 0 aliphatic rings. The van der Waals surface area contributed by atoms with E-state index in [1.165, 1.54) is 238 Å². The molecule has 6 nitrogen and oxygen atoms in total. The molecule has 0 aliphatic heterocycles. The van der Waals surface area contributed by atoms with E-state index in [-0.39, 0.29) is 18.5 Å². The van der Waals surface area contributed by atoms with E-state index in [0.717, 1.165) is 51.4 Å². The molecule has 0 saturated heterocycles. The molecule has 2 atom stereocenters. The number of aliphatic hydroxyl groups excluding tert-OH is 2. The molecule has 2 unspecified atom stereocenters. The third-order valence-corrected chi connectivity index (χ3v) is 13.8. The average Bonchev–Trinajstić information content (AvgIpc) is 3.35. The van der Waals surface area contributed by atoms with E-state index in [1.807, 2.05) is 6.08 Å². The van der Waals surface area contributed by atoms with E-state index >= 15 is 0 Å². The smallest absolute Gasteiger partial charge is 0.305 e. The lowest BCUT2D eigenvalue weighted by Gasteiger charge is -2.20. The Labute approximate surface area is 429 Å². The summed E-state index contributed by atoms with van der Waals surface area (Å²) < 4.78 is 5.43. The van der Waals surface area contributed by atoms with Gasteiger partial charge in [-0.1, -0.05) is 274 Å². The zero-order chi connectivity index (χ0) is 50.0. The molecule has 69 heavy (non-hydrogen) atoms. The number of rotatable bonds is 56. The highest BCUT2D eigenvalue weighted by molar-refractivity contribution is 5.76. The van der Waals surface area contributed by atoms with Crippen molar-refractivity contribution in [1.82, 2.24) is 5.32 Å². The highest BCUT2D eigenvalue weighted by Crippen LogP contribution is 2.16. The average molecular weight is 969 g/mol. The molecular weight excluding hydrogens is 851 g/mol. The fourth-order valence-electron chi connectivity index (χ4n) is 9.17. The number of nitrogens with one attached hydrogen (secondary N) is 1. The number of esters is 1. The lowest BCUT2D eigenvalue weighted by Crippen LogP contribution is -2.45. The van der Waals surface area contributed by atoms with Crippen LogP contribution in [0.1, 0.15) is 316 Å². The van der Waals surface area contributed by atoms with Gasteiger partial charge in [-0.25, -0.2) is 0 Å². The molecule has 6 heteroatoms. The van der Waals surface area contributed by atoms with Crippen molar-refractivity contribution >= 4 is 11.9 Å². The summed E-state index contributed by atoms with van der Waals surface area (Å²) in [6.07, 6.45) is 74.5. The largest absolute Gasteiger partial charge is 0.465 e. The fraction of sp³-hybridized carbons (Fsp3) is 0.841. The topological polar surface area (TPSA) is 95.9 Å².